The van der Waals surface area contributed by atoms with Crippen LogP contribution in [0.25, 0.3) is 0 Å². The summed E-state index contributed by atoms with van der Waals surface area (Å²) < 4.78 is 0. The zero-order valence-electron chi connectivity index (χ0n) is 9.33. The first-order chi connectivity index (χ1) is 6.63. The lowest BCUT2D eigenvalue weighted by Gasteiger charge is -2.31. The molecule has 1 saturated heterocycles. The standard InChI is InChI=1S/C11H22N2O/c1-3-9(2)7-11(14)13-6-4-5-10(12)8-13/h9-10H,3-8,12H2,1-2H3/t9?,10-/m1/s1. The Morgan fingerprint density at radius 3 is 2.93 bits per heavy atom. The van der Waals surface area contributed by atoms with E-state index in [0.29, 0.717) is 12.3 Å². The molecule has 0 aliphatic carbocycles. The fourth-order valence-corrected chi connectivity index (χ4v) is 1.81. The quantitative estimate of drug-likeness (QED) is 0.744. The predicted molar refractivity (Wildman–Crippen MR) is 57.9 cm³/mol. The van der Waals surface area contributed by atoms with Crippen LogP contribution < -0.4 is 5.73 Å². The summed E-state index contributed by atoms with van der Waals surface area (Å²) in [5.74, 6) is 0.787. The van der Waals surface area contributed by atoms with Crippen LogP contribution in [0.5, 0.6) is 0 Å². The number of nitrogens with two attached hydrogens (primary N) is 1. The summed E-state index contributed by atoms with van der Waals surface area (Å²) >= 11 is 0. The van der Waals surface area contributed by atoms with Gasteiger partial charge in [-0.3, -0.25) is 4.79 Å². The van der Waals surface area contributed by atoms with Gasteiger partial charge in [-0.15, -0.1) is 0 Å². The van der Waals surface area contributed by atoms with Crippen molar-refractivity contribution in [3.63, 3.8) is 0 Å². The van der Waals surface area contributed by atoms with Crippen molar-refractivity contribution >= 4 is 5.91 Å². The second kappa shape index (κ2) is 5.35. The third-order valence-corrected chi connectivity index (χ3v) is 3.03. The zero-order valence-corrected chi connectivity index (χ0v) is 9.33. The molecule has 3 nitrogen and oxygen atoms in total. The largest absolute Gasteiger partial charge is 0.341 e. The van der Waals surface area contributed by atoms with Gasteiger partial charge in [-0.25, -0.2) is 0 Å². The van der Waals surface area contributed by atoms with Crippen LogP contribution in [0.1, 0.15) is 39.5 Å². The molecule has 82 valence electrons. The van der Waals surface area contributed by atoms with E-state index < -0.39 is 0 Å². The monoisotopic (exact) mass is 198 g/mol. The zero-order chi connectivity index (χ0) is 10.6. The number of hydrogen-bond acceptors (Lipinski definition) is 2. The van der Waals surface area contributed by atoms with Crippen molar-refractivity contribution in [2.45, 2.75) is 45.6 Å². The lowest BCUT2D eigenvalue weighted by atomic mass is 10.0. The summed E-state index contributed by atoms with van der Waals surface area (Å²) in [5.41, 5.74) is 5.83. The van der Waals surface area contributed by atoms with E-state index in [-0.39, 0.29) is 11.9 Å². The number of piperidine rings is 1. The molecular weight excluding hydrogens is 176 g/mol. The lowest BCUT2D eigenvalue weighted by Crippen LogP contribution is -2.46. The molecule has 1 heterocycles. The SMILES string of the molecule is CCC(C)CC(=O)N1CCC[C@@H](N)C1. The van der Waals surface area contributed by atoms with Crippen molar-refractivity contribution in [1.82, 2.24) is 4.90 Å². The summed E-state index contributed by atoms with van der Waals surface area (Å²) in [6.45, 7) is 5.92. The van der Waals surface area contributed by atoms with Gasteiger partial charge in [-0.2, -0.15) is 0 Å². The second-order valence-corrected chi connectivity index (χ2v) is 4.46. The molecule has 2 atom stereocenters. The van der Waals surface area contributed by atoms with E-state index in [1.807, 2.05) is 4.90 Å². The first-order valence-corrected chi connectivity index (χ1v) is 5.66. The minimum absolute atomic E-state index is 0.199. The number of rotatable bonds is 3. The molecule has 1 amide bonds. The van der Waals surface area contributed by atoms with Crippen LogP contribution in [0.4, 0.5) is 0 Å². The maximum atomic E-state index is 11.8. The average Bonchev–Trinajstić information content (AvgIpc) is 2.17. The Bertz CT molecular complexity index is 194. The lowest BCUT2D eigenvalue weighted by molar-refractivity contribution is -0.133. The first-order valence-electron chi connectivity index (χ1n) is 5.66. The summed E-state index contributed by atoms with van der Waals surface area (Å²) in [4.78, 5) is 13.7. The van der Waals surface area contributed by atoms with Gasteiger partial charge in [-0.1, -0.05) is 20.3 Å². The van der Waals surface area contributed by atoms with Crippen LogP contribution >= 0.6 is 0 Å². The molecule has 0 aromatic rings. The molecule has 3 heteroatoms. The third kappa shape index (κ3) is 3.29. The van der Waals surface area contributed by atoms with Crippen LogP contribution in [0.2, 0.25) is 0 Å². The van der Waals surface area contributed by atoms with Gasteiger partial charge in [0.05, 0.1) is 0 Å². The van der Waals surface area contributed by atoms with Crippen molar-refractivity contribution in [1.29, 1.82) is 0 Å². The summed E-state index contributed by atoms with van der Waals surface area (Å²) in [6, 6.07) is 0.199. The third-order valence-electron chi connectivity index (χ3n) is 3.03. The maximum Gasteiger partial charge on any atom is 0.222 e. The number of hydrogen-bond donors (Lipinski definition) is 1. The molecule has 1 rings (SSSR count). The highest BCUT2D eigenvalue weighted by molar-refractivity contribution is 5.76. The predicted octanol–water partition coefficient (Wildman–Crippen LogP) is 1.37. The van der Waals surface area contributed by atoms with Gasteiger partial charge in [0, 0.05) is 25.6 Å². The Balaban J connectivity index is 2.36. The van der Waals surface area contributed by atoms with Crippen LogP contribution in [0, 0.1) is 5.92 Å². The number of amides is 1. The van der Waals surface area contributed by atoms with E-state index in [2.05, 4.69) is 13.8 Å². The van der Waals surface area contributed by atoms with Crippen LogP contribution in [-0.2, 0) is 4.79 Å². The van der Waals surface area contributed by atoms with Gasteiger partial charge < -0.3 is 10.6 Å². The van der Waals surface area contributed by atoms with Crippen LogP contribution in [0.3, 0.4) is 0 Å². The normalized spacial score (nSPS) is 24.8. The summed E-state index contributed by atoms with van der Waals surface area (Å²) in [6.07, 6.45) is 3.88. The van der Waals surface area contributed by atoms with Gasteiger partial charge in [0.25, 0.3) is 0 Å². The van der Waals surface area contributed by atoms with Crippen molar-refractivity contribution in [2.24, 2.45) is 11.7 Å². The van der Waals surface area contributed by atoms with E-state index in [1.165, 1.54) is 0 Å². The number of carbonyl (C=O) groups excluding carboxylic acids is 1. The fraction of sp³-hybridized carbons (Fsp3) is 0.909. The topological polar surface area (TPSA) is 46.3 Å². The van der Waals surface area contributed by atoms with E-state index in [4.69, 9.17) is 5.73 Å². The average molecular weight is 198 g/mol. The molecule has 0 aromatic heterocycles. The molecule has 2 N–H and O–H groups in total. The highest BCUT2D eigenvalue weighted by Crippen LogP contribution is 2.13. The van der Waals surface area contributed by atoms with Crippen molar-refractivity contribution in [3.8, 4) is 0 Å². The Labute approximate surface area is 86.6 Å². The molecule has 0 aromatic carbocycles. The molecule has 0 spiro atoms. The maximum absolute atomic E-state index is 11.8. The molecule has 1 aliphatic heterocycles. The van der Waals surface area contributed by atoms with E-state index in [0.717, 1.165) is 32.4 Å². The number of nitrogens with zero attached hydrogens (tertiary/aromatic N) is 1. The Morgan fingerprint density at radius 2 is 2.36 bits per heavy atom. The van der Waals surface area contributed by atoms with Crippen LogP contribution in [0.15, 0.2) is 0 Å². The van der Waals surface area contributed by atoms with Gasteiger partial charge >= 0.3 is 0 Å². The second-order valence-electron chi connectivity index (χ2n) is 4.46. The van der Waals surface area contributed by atoms with Crippen molar-refractivity contribution in [3.05, 3.63) is 0 Å². The highest BCUT2D eigenvalue weighted by Gasteiger charge is 2.21. The molecule has 1 aliphatic rings. The van der Waals surface area contributed by atoms with Gasteiger partial charge in [0.15, 0.2) is 0 Å². The Hall–Kier alpha value is -0.570. The van der Waals surface area contributed by atoms with Crippen molar-refractivity contribution < 1.29 is 4.79 Å². The fourth-order valence-electron chi connectivity index (χ4n) is 1.81. The van der Waals surface area contributed by atoms with E-state index in [9.17, 15) is 4.79 Å². The van der Waals surface area contributed by atoms with Gasteiger partial charge in [0.1, 0.15) is 0 Å². The highest BCUT2D eigenvalue weighted by atomic mass is 16.2. The molecule has 0 bridgehead atoms. The van der Waals surface area contributed by atoms with Gasteiger partial charge in [0.2, 0.25) is 5.91 Å². The molecule has 14 heavy (non-hydrogen) atoms. The first kappa shape index (κ1) is 11.5. The molecular formula is C11H22N2O. The minimum Gasteiger partial charge on any atom is -0.341 e. The smallest absolute Gasteiger partial charge is 0.222 e. The van der Waals surface area contributed by atoms with E-state index >= 15 is 0 Å². The Kier molecular flexibility index (Phi) is 4.39. The molecule has 0 radical (unpaired) electrons. The van der Waals surface area contributed by atoms with E-state index in [1.54, 1.807) is 0 Å². The minimum atomic E-state index is 0.199. The molecule has 1 fully saturated rings. The number of carbonyl (C=O) groups is 1. The summed E-state index contributed by atoms with van der Waals surface area (Å²) in [5, 5.41) is 0. The summed E-state index contributed by atoms with van der Waals surface area (Å²) in [7, 11) is 0. The van der Waals surface area contributed by atoms with Crippen molar-refractivity contribution in [2.75, 3.05) is 13.1 Å². The molecule has 1 unspecified atom stereocenters. The van der Waals surface area contributed by atoms with Gasteiger partial charge in [-0.05, 0) is 18.8 Å². The number of likely N-dealkylation sites (tertiary alicyclic amines) is 1. The Morgan fingerprint density at radius 1 is 1.64 bits per heavy atom. The van der Waals surface area contributed by atoms with Crippen LogP contribution in [-0.4, -0.2) is 29.9 Å². The molecule has 0 saturated carbocycles.